The average molecular weight is 439 g/mol. The van der Waals surface area contributed by atoms with E-state index in [-0.39, 0.29) is 28.4 Å². The van der Waals surface area contributed by atoms with E-state index in [1.807, 2.05) is 0 Å². The fourth-order valence-electron chi connectivity index (χ4n) is 3.61. The third kappa shape index (κ3) is 5.20. The third-order valence-corrected chi connectivity index (χ3v) is 5.39. The first kappa shape index (κ1) is 22.7. The molecule has 1 aliphatic rings. The summed E-state index contributed by atoms with van der Waals surface area (Å²) in [6, 6.07) is 9.30. The van der Waals surface area contributed by atoms with Crippen molar-refractivity contribution in [3.05, 3.63) is 68.3 Å². The third-order valence-electron chi connectivity index (χ3n) is 5.39. The normalized spacial score (nSPS) is 14.6. The summed E-state index contributed by atoms with van der Waals surface area (Å²) in [5.41, 5.74) is 0.0666. The SMILES string of the molecule is C/C(=N/OC(=O)C1CCCCC1)C(=O)c1ccc(-c2ccc([N+](=O)[O-])cc2[N+](=O)[O-])cc1. The van der Waals surface area contributed by atoms with Crippen molar-refractivity contribution >= 4 is 28.8 Å². The Bertz CT molecular complexity index is 1090. The van der Waals surface area contributed by atoms with Crippen LogP contribution in [0.3, 0.4) is 0 Å². The van der Waals surface area contributed by atoms with Gasteiger partial charge in [0.25, 0.3) is 11.4 Å². The predicted molar refractivity (Wildman–Crippen MR) is 115 cm³/mol. The second kappa shape index (κ2) is 9.90. The van der Waals surface area contributed by atoms with E-state index in [1.165, 1.54) is 43.3 Å². The van der Waals surface area contributed by atoms with Gasteiger partial charge in [-0.05, 0) is 31.4 Å². The van der Waals surface area contributed by atoms with Gasteiger partial charge in [0, 0.05) is 11.6 Å². The minimum absolute atomic E-state index is 0.00299. The molecule has 0 N–H and O–H groups in total. The zero-order valence-corrected chi connectivity index (χ0v) is 17.4. The molecule has 0 amide bonds. The zero-order valence-electron chi connectivity index (χ0n) is 17.4. The first-order valence-corrected chi connectivity index (χ1v) is 10.1. The van der Waals surface area contributed by atoms with E-state index < -0.39 is 27.3 Å². The first-order valence-electron chi connectivity index (χ1n) is 10.1. The van der Waals surface area contributed by atoms with Crippen molar-refractivity contribution in [3.63, 3.8) is 0 Å². The van der Waals surface area contributed by atoms with Gasteiger partial charge >= 0.3 is 5.97 Å². The molecule has 3 rings (SSSR count). The summed E-state index contributed by atoms with van der Waals surface area (Å²) in [6.07, 6.45) is 4.57. The molecule has 1 saturated carbocycles. The van der Waals surface area contributed by atoms with Gasteiger partial charge in [-0.15, -0.1) is 0 Å². The van der Waals surface area contributed by atoms with E-state index in [0.29, 0.717) is 5.56 Å². The Morgan fingerprint density at radius 2 is 1.62 bits per heavy atom. The van der Waals surface area contributed by atoms with E-state index in [0.717, 1.165) is 38.2 Å². The number of nitro benzene ring substituents is 2. The Hall–Kier alpha value is -3.95. The summed E-state index contributed by atoms with van der Waals surface area (Å²) in [6.45, 7) is 1.44. The smallest absolute Gasteiger partial charge is 0.318 e. The van der Waals surface area contributed by atoms with Gasteiger partial charge < -0.3 is 4.84 Å². The molecule has 0 aromatic heterocycles. The highest BCUT2D eigenvalue weighted by Crippen LogP contribution is 2.33. The second-order valence-electron chi connectivity index (χ2n) is 7.54. The fourth-order valence-corrected chi connectivity index (χ4v) is 3.61. The predicted octanol–water partition coefficient (Wildman–Crippen LogP) is 4.85. The van der Waals surface area contributed by atoms with Crippen LogP contribution in [0.4, 0.5) is 11.4 Å². The molecule has 2 aromatic rings. The number of nitrogens with zero attached hydrogens (tertiary/aromatic N) is 3. The Kier molecular flexibility index (Phi) is 7.04. The minimum atomic E-state index is -0.707. The molecule has 1 aliphatic carbocycles. The van der Waals surface area contributed by atoms with Gasteiger partial charge in [0.2, 0.25) is 5.78 Å². The van der Waals surface area contributed by atoms with Gasteiger partial charge in [0.15, 0.2) is 0 Å². The van der Waals surface area contributed by atoms with Gasteiger partial charge in [-0.3, -0.25) is 25.0 Å². The number of non-ortho nitro benzene ring substituents is 1. The van der Waals surface area contributed by atoms with E-state index in [4.69, 9.17) is 4.84 Å². The molecule has 32 heavy (non-hydrogen) atoms. The van der Waals surface area contributed by atoms with E-state index in [9.17, 15) is 29.8 Å². The number of benzene rings is 2. The number of carbonyl (C=O) groups excluding carboxylic acids is 2. The van der Waals surface area contributed by atoms with Crippen molar-refractivity contribution in [2.45, 2.75) is 39.0 Å². The minimum Gasteiger partial charge on any atom is -0.318 e. The number of oxime groups is 1. The van der Waals surface area contributed by atoms with Crippen LogP contribution >= 0.6 is 0 Å². The quantitative estimate of drug-likeness (QED) is 0.197. The molecule has 2 aromatic carbocycles. The van der Waals surface area contributed by atoms with Crippen molar-refractivity contribution in [1.82, 2.24) is 0 Å². The Balaban J connectivity index is 1.75. The lowest BCUT2D eigenvalue weighted by Gasteiger charge is -2.18. The molecular formula is C22H21N3O7. The summed E-state index contributed by atoms with van der Waals surface area (Å²) in [4.78, 5) is 50.4. The number of hydrogen-bond donors (Lipinski definition) is 0. The Morgan fingerprint density at radius 3 is 2.22 bits per heavy atom. The molecule has 0 unspecified atom stereocenters. The van der Waals surface area contributed by atoms with Crippen LogP contribution in [0, 0.1) is 26.1 Å². The first-order chi connectivity index (χ1) is 15.3. The highest BCUT2D eigenvalue weighted by Gasteiger charge is 2.24. The van der Waals surface area contributed by atoms with Gasteiger partial charge in [0.05, 0.1) is 27.4 Å². The number of nitro groups is 2. The molecule has 0 aliphatic heterocycles. The monoisotopic (exact) mass is 439 g/mol. The van der Waals surface area contributed by atoms with Crippen molar-refractivity contribution < 1.29 is 24.3 Å². The van der Waals surface area contributed by atoms with Crippen LogP contribution in [0.1, 0.15) is 49.4 Å². The van der Waals surface area contributed by atoms with Crippen LogP contribution < -0.4 is 0 Å². The summed E-state index contributed by atoms with van der Waals surface area (Å²) < 4.78 is 0. The molecule has 0 radical (unpaired) electrons. The molecule has 10 heteroatoms. The number of ketones is 1. The standard InChI is InChI=1S/C22H21N3O7/c1-14(23-32-22(27)17-5-3-2-4-6-17)21(26)16-9-7-15(8-10-16)19-12-11-18(24(28)29)13-20(19)25(30)31/h7-13,17H,2-6H2,1H3/b23-14-. The van der Waals surface area contributed by atoms with Crippen molar-refractivity contribution in [2.24, 2.45) is 11.1 Å². The fraction of sp³-hybridized carbons (Fsp3) is 0.318. The van der Waals surface area contributed by atoms with Crippen molar-refractivity contribution in [2.75, 3.05) is 0 Å². The zero-order chi connectivity index (χ0) is 23.3. The van der Waals surface area contributed by atoms with Crippen LogP contribution in [0.25, 0.3) is 11.1 Å². The van der Waals surface area contributed by atoms with E-state index >= 15 is 0 Å². The molecule has 0 bridgehead atoms. The number of hydrogen-bond acceptors (Lipinski definition) is 8. The molecule has 0 saturated heterocycles. The van der Waals surface area contributed by atoms with E-state index in [1.54, 1.807) is 0 Å². The van der Waals surface area contributed by atoms with Crippen LogP contribution in [0.15, 0.2) is 47.6 Å². The molecule has 0 atom stereocenters. The molecule has 1 fully saturated rings. The van der Waals surface area contributed by atoms with Crippen LogP contribution in [-0.4, -0.2) is 27.3 Å². The lowest BCUT2D eigenvalue weighted by Crippen LogP contribution is -2.20. The average Bonchev–Trinajstić information content (AvgIpc) is 2.82. The van der Waals surface area contributed by atoms with Gasteiger partial charge in [0.1, 0.15) is 5.71 Å². The summed E-state index contributed by atoms with van der Waals surface area (Å²) >= 11 is 0. The van der Waals surface area contributed by atoms with Gasteiger partial charge in [-0.25, -0.2) is 4.79 Å². The maximum Gasteiger partial charge on any atom is 0.338 e. The summed E-state index contributed by atoms with van der Waals surface area (Å²) in [7, 11) is 0. The Labute approximate surface area is 183 Å². The molecule has 10 nitrogen and oxygen atoms in total. The molecule has 0 heterocycles. The van der Waals surface area contributed by atoms with Crippen molar-refractivity contribution in [1.29, 1.82) is 0 Å². The van der Waals surface area contributed by atoms with Crippen LogP contribution in [0.5, 0.6) is 0 Å². The number of carbonyl (C=O) groups is 2. The Morgan fingerprint density at radius 1 is 0.969 bits per heavy atom. The summed E-state index contributed by atoms with van der Waals surface area (Å²) in [5, 5.41) is 25.9. The topological polar surface area (TPSA) is 142 Å². The largest absolute Gasteiger partial charge is 0.338 e. The molecule has 0 spiro atoms. The maximum atomic E-state index is 12.6. The molecule has 166 valence electrons. The van der Waals surface area contributed by atoms with Crippen LogP contribution in [-0.2, 0) is 9.63 Å². The second-order valence-corrected chi connectivity index (χ2v) is 7.54. The lowest BCUT2D eigenvalue weighted by atomic mass is 9.89. The van der Waals surface area contributed by atoms with Crippen LogP contribution in [0.2, 0.25) is 0 Å². The number of rotatable bonds is 7. The van der Waals surface area contributed by atoms with Gasteiger partial charge in [-0.2, -0.15) is 0 Å². The maximum absolute atomic E-state index is 12.6. The lowest BCUT2D eigenvalue weighted by molar-refractivity contribution is -0.393. The highest BCUT2D eigenvalue weighted by atomic mass is 16.7. The number of Topliss-reactive ketones (excluding diaryl/α,β-unsaturated/α-hetero) is 1. The van der Waals surface area contributed by atoms with E-state index in [2.05, 4.69) is 5.16 Å². The summed E-state index contributed by atoms with van der Waals surface area (Å²) in [5.74, 6) is -1.07. The highest BCUT2D eigenvalue weighted by molar-refractivity contribution is 6.45. The van der Waals surface area contributed by atoms with Gasteiger partial charge in [-0.1, -0.05) is 48.7 Å². The van der Waals surface area contributed by atoms with Crippen molar-refractivity contribution in [3.8, 4) is 11.1 Å². The molecular weight excluding hydrogens is 418 g/mol.